The lowest BCUT2D eigenvalue weighted by atomic mass is 9.91. The van der Waals surface area contributed by atoms with Gasteiger partial charge in [0.25, 0.3) is 0 Å². The summed E-state index contributed by atoms with van der Waals surface area (Å²) in [5.41, 5.74) is 0. The number of carbonyl (C=O) groups excluding carboxylic acids is 11. The monoisotopic (exact) mass is 1140 g/mol. The van der Waals surface area contributed by atoms with Crippen molar-refractivity contribution >= 4 is 65.0 Å². The highest BCUT2D eigenvalue weighted by Gasteiger charge is 2.49. The molecule has 23 heteroatoms. The maximum absolute atomic E-state index is 15.0. The van der Waals surface area contributed by atoms with Gasteiger partial charge < -0.3 is 60.3 Å². The van der Waals surface area contributed by atoms with Gasteiger partial charge in [0.2, 0.25) is 65.0 Å². The number of aliphatic hydroxyl groups is 1. The second-order valence-electron chi connectivity index (χ2n) is 24.3. The fraction of sp³-hybridized carbons (Fsp3) is 0.776. The summed E-state index contributed by atoms with van der Waals surface area (Å²) in [5.74, 6) is -9.14. The van der Waals surface area contributed by atoms with Crippen molar-refractivity contribution in [1.82, 2.24) is 55.1 Å². The number of hydrogen-bond acceptors (Lipinski definition) is 12. The van der Waals surface area contributed by atoms with Crippen LogP contribution in [0.4, 0.5) is 0 Å². The van der Waals surface area contributed by atoms with Gasteiger partial charge in [0.1, 0.15) is 60.4 Å². The Hall–Kier alpha value is -6.13. The Balaban J connectivity index is 2.87. The minimum atomic E-state index is -1.60. The van der Waals surface area contributed by atoms with E-state index in [2.05, 4.69) is 16.0 Å². The van der Waals surface area contributed by atoms with Crippen LogP contribution < -0.4 is 16.0 Å². The van der Waals surface area contributed by atoms with Gasteiger partial charge >= 0.3 is 0 Å². The fourth-order valence-electron chi connectivity index (χ4n) is 10.8. The maximum atomic E-state index is 15.0. The second-order valence-corrected chi connectivity index (χ2v) is 24.3. The molecule has 11 amide bonds. The number of hydrogen-bond donors (Lipinski definition) is 4. The summed E-state index contributed by atoms with van der Waals surface area (Å²) < 4.78 is 0. The van der Waals surface area contributed by atoms with E-state index >= 15 is 0 Å². The summed E-state index contributed by atoms with van der Waals surface area (Å²) in [6, 6.07) is -12.6. The molecule has 0 aliphatic carbocycles. The Morgan fingerprint density at radius 3 is 1.53 bits per heavy atom. The van der Waals surface area contributed by atoms with Gasteiger partial charge in [-0.25, -0.2) is 0 Å². The molecular weight excluding hydrogens is 1040 g/mol. The maximum Gasteiger partial charge on any atom is 0.246 e. The lowest BCUT2D eigenvalue weighted by molar-refractivity contribution is -0.157. The second kappa shape index (κ2) is 30.8. The first-order valence-corrected chi connectivity index (χ1v) is 28.8. The molecule has 0 radical (unpaired) electrons. The van der Waals surface area contributed by atoms with E-state index in [1.807, 2.05) is 27.7 Å². The van der Waals surface area contributed by atoms with E-state index in [0.717, 1.165) is 14.7 Å². The van der Waals surface area contributed by atoms with Gasteiger partial charge in [-0.1, -0.05) is 81.4 Å². The molecule has 2 rings (SSSR count). The van der Waals surface area contributed by atoms with Crippen molar-refractivity contribution in [3.63, 3.8) is 0 Å². The number of carbonyl (C=O) groups is 11. The lowest BCUT2D eigenvalue weighted by Gasteiger charge is -2.41. The highest BCUT2D eigenvalue weighted by atomic mass is 16.3. The van der Waals surface area contributed by atoms with Crippen LogP contribution in [0, 0.1) is 29.6 Å². The summed E-state index contributed by atoms with van der Waals surface area (Å²) in [6.07, 6.45) is 2.90. The highest BCUT2D eigenvalue weighted by molar-refractivity contribution is 6.00. The summed E-state index contributed by atoms with van der Waals surface area (Å²) >= 11 is 0. The van der Waals surface area contributed by atoms with Gasteiger partial charge in [-0.3, -0.25) is 52.7 Å². The number of allylic oxidation sites excluding steroid dienone is 2. The van der Waals surface area contributed by atoms with E-state index in [1.54, 1.807) is 67.5 Å². The van der Waals surface area contributed by atoms with Crippen LogP contribution in [0.15, 0.2) is 12.2 Å². The number of amides is 11. The van der Waals surface area contributed by atoms with Gasteiger partial charge in [-0.2, -0.15) is 0 Å². The Kier molecular flexibility index (Phi) is 27.0. The van der Waals surface area contributed by atoms with Crippen molar-refractivity contribution in [2.45, 2.75) is 209 Å². The molecule has 460 valence electrons. The van der Waals surface area contributed by atoms with Crippen molar-refractivity contribution in [3.05, 3.63) is 12.2 Å². The number of aliphatic hydroxyl groups excluding tert-OH is 1. The van der Waals surface area contributed by atoms with Gasteiger partial charge in [-0.05, 0) is 96.3 Å². The largest absolute Gasteiger partial charge is 0.390 e. The molecule has 0 spiro atoms. The van der Waals surface area contributed by atoms with Crippen LogP contribution in [-0.4, -0.2) is 238 Å². The quantitative estimate of drug-likeness (QED) is 0.216. The molecule has 2 aliphatic rings. The average Bonchev–Trinajstić information content (AvgIpc) is 3.94. The Morgan fingerprint density at radius 1 is 0.531 bits per heavy atom. The Labute approximate surface area is 482 Å². The lowest BCUT2D eigenvalue weighted by Crippen LogP contribution is -2.63. The summed E-state index contributed by atoms with van der Waals surface area (Å²) in [5, 5.41) is 20.1. The third-order valence-electron chi connectivity index (χ3n) is 16.1. The van der Waals surface area contributed by atoms with Crippen molar-refractivity contribution in [2.75, 3.05) is 55.9 Å². The van der Waals surface area contributed by atoms with Crippen LogP contribution in [0.5, 0.6) is 0 Å². The molecule has 81 heavy (non-hydrogen) atoms. The third kappa shape index (κ3) is 17.5. The molecule has 0 aromatic carbocycles. The Bertz CT molecular complexity index is 2290. The van der Waals surface area contributed by atoms with Crippen molar-refractivity contribution in [3.8, 4) is 0 Å². The SMILES string of the molecule is C/C=C/CC(C)[C@@H](O)C1C(=O)N[C@H](CC)C(=O)N(C)CC(=O)N(C)[C@@H]2CC(C)N(C2=O)[C@H](C(C)C)C(=O)N(C)[C@H](CC(C)C)C(=O)N[C@H](C)C(=O)N[C@@H](C)C(=O)N(C)[C@H](C)C(=O)N(C)[C@H](CC(C)C)C(=O)N(C)[C@H](C(C)C)C(=O)N1C. The predicted octanol–water partition coefficient (Wildman–Crippen LogP) is 1.70. The summed E-state index contributed by atoms with van der Waals surface area (Å²) in [6.45, 7) is 25.2. The molecule has 0 aromatic heterocycles. The topological polar surface area (TPSA) is 270 Å². The molecule has 0 aromatic rings. The Morgan fingerprint density at radius 2 is 1.02 bits per heavy atom. The van der Waals surface area contributed by atoms with E-state index in [4.69, 9.17) is 0 Å². The molecule has 0 saturated carbocycles. The van der Waals surface area contributed by atoms with E-state index in [0.29, 0.717) is 6.42 Å². The first kappa shape index (κ1) is 71.0. The van der Waals surface area contributed by atoms with Gasteiger partial charge in [0.05, 0.1) is 12.6 Å². The number of rotatable bonds is 11. The third-order valence-corrected chi connectivity index (χ3v) is 16.1. The van der Waals surface area contributed by atoms with Crippen molar-refractivity contribution < 1.29 is 57.8 Å². The van der Waals surface area contributed by atoms with Gasteiger partial charge in [0, 0.05) is 55.4 Å². The molecule has 2 bridgehead atoms. The van der Waals surface area contributed by atoms with Crippen molar-refractivity contribution in [2.24, 2.45) is 29.6 Å². The molecule has 2 aliphatic heterocycles. The minimum absolute atomic E-state index is 0.0326. The van der Waals surface area contributed by atoms with E-state index in [1.165, 1.54) is 94.6 Å². The van der Waals surface area contributed by atoms with E-state index < -0.39 is 162 Å². The number of nitrogens with one attached hydrogen (secondary N) is 3. The van der Waals surface area contributed by atoms with Crippen LogP contribution in [-0.2, 0) is 52.7 Å². The number of nitrogens with zero attached hydrogens (tertiary/aromatic N) is 8. The van der Waals surface area contributed by atoms with Gasteiger partial charge in [0.15, 0.2) is 0 Å². The van der Waals surface area contributed by atoms with Crippen LogP contribution in [0.3, 0.4) is 0 Å². The first-order valence-electron chi connectivity index (χ1n) is 28.8. The highest BCUT2D eigenvalue weighted by Crippen LogP contribution is 2.30. The molecule has 23 nitrogen and oxygen atoms in total. The fourth-order valence-corrected chi connectivity index (χ4v) is 10.8. The molecule has 3 unspecified atom stereocenters. The zero-order valence-corrected chi connectivity index (χ0v) is 52.7. The van der Waals surface area contributed by atoms with Crippen LogP contribution in [0.2, 0.25) is 0 Å². The molecule has 2 heterocycles. The standard InChI is InChI=1S/C58H101N11O12/c1-23-25-26-35(11)48(71)47-51(74)61-40(24-2)54(77)62(16)30-44(70)64(18)43-29-36(12)69(56(43)79)46(34(9)10)58(81)65(19)41(27-31(3)4)50(73)59-37(13)49(72)60-38(14)52(75)63(17)39(15)53(76)66(20)42(28-32(5)6)55(78)67(21)45(33(7)8)57(80)68(47)22/h23,25,31-43,45-48,71H,24,26-30H2,1-22H3,(H,59,73)(H,60,72)(H,61,74)/b25-23+/t35?,36?,37-,38+,39-,40-,41-,42-,43-,45-,46-,47?,48-/m1/s1. The zero-order chi connectivity index (χ0) is 62.6. The molecule has 13 atom stereocenters. The van der Waals surface area contributed by atoms with Crippen molar-refractivity contribution in [1.29, 1.82) is 0 Å². The van der Waals surface area contributed by atoms with Crippen LogP contribution >= 0.6 is 0 Å². The number of fused-ring (bicyclic) bond motifs is 2. The molecule has 2 fully saturated rings. The summed E-state index contributed by atoms with van der Waals surface area (Å²) in [4.78, 5) is 168. The summed E-state index contributed by atoms with van der Waals surface area (Å²) in [7, 11) is 9.85. The molecular formula is C58H101N11O12. The van der Waals surface area contributed by atoms with E-state index in [-0.39, 0.29) is 37.5 Å². The van der Waals surface area contributed by atoms with E-state index in [9.17, 15) is 57.8 Å². The zero-order valence-electron chi connectivity index (χ0n) is 52.7. The van der Waals surface area contributed by atoms with Crippen LogP contribution in [0.25, 0.3) is 0 Å². The predicted molar refractivity (Wildman–Crippen MR) is 308 cm³/mol. The minimum Gasteiger partial charge on any atom is -0.390 e. The smallest absolute Gasteiger partial charge is 0.246 e. The average molecular weight is 1140 g/mol. The van der Waals surface area contributed by atoms with Crippen LogP contribution in [0.1, 0.15) is 136 Å². The molecule has 2 saturated heterocycles. The normalized spacial score (nSPS) is 29.1. The number of likely N-dealkylation sites (N-methyl/N-ethyl adjacent to an activating group) is 7. The van der Waals surface area contributed by atoms with Gasteiger partial charge in [-0.15, -0.1) is 0 Å². The first-order chi connectivity index (χ1) is 37.4. The molecule has 4 N–H and O–H groups in total.